The molecule has 0 bridgehead atoms. The Bertz CT molecular complexity index is 369. The summed E-state index contributed by atoms with van der Waals surface area (Å²) in [6.45, 7) is 1.07. The Labute approximate surface area is 114 Å². The van der Waals surface area contributed by atoms with Gasteiger partial charge in [0.15, 0.2) is 11.5 Å². The molecule has 0 unspecified atom stereocenters. The number of aryl methyl sites for hydroxylation is 1. The fraction of sp³-hybridized carbons (Fsp3) is 0.571. The first-order valence-corrected chi connectivity index (χ1v) is 6.65. The van der Waals surface area contributed by atoms with E-state index < -0.39 is 0 Å². The molecule has 1 rings (SSSR count). The smallest absolute Gasteiger partial charge is 0.162 e. The van der Waals surface area contributed by atoms with E-state index in [2.05, 4.69) is 5.32 Å². The summed E-state index contributed by atoms with van der Waals surface area (Å²) in [5.74, 6) is 1.42. The molecule has 1 N–H and O–H groups in total. The second kappa shape index (κ2) is 8.22. The molecule has 102 valence electrons. The summed E-state index contributed by atoms with van der Waals surface area (Å²) in [4.78, 5) is 0. The molecular formula is C14H22ClNO2. The van der Waals surface area contributed by atoms with Crippen molar-refractivity contribution < 1.29 is 9.47 Å². The van der Waals surface area contributed by atoms with Crippen molar-refractivity contribution in [3.8, 4) is 11.5 Å². The molecule has 0 radical (unpaired) electrons. The molecule has 0 aromatic heterocycles. The van der Waals surface area contributed by atoms with Gasteiger partial charge < -0.3 is 14.8 Å². The Hall–Kier alpha value is -0.930. The minimum absolute atomic E-state index is 0.682. The molecule has 0 saturated carbocycles. The van der Waals surface area contributed by atoms with Crippen LogP contribution in [0.15, 0.2) is 12.1 Å². The fourth-order valence-electron chi connectivity index (χ4n) is 1.88. The van der Waals surface area contributed by atoms with E-state index in [4.69, 9.17) is 21.1 Å². The number of unbranched alkanes of at least 4 members (excludes halogenated alkanes) is 2. The molecule has 3 nitrogen and oxygen atoms in total. The zero-order chi connectivity index (χ0) is 13.4. The quantitative estimate of drug-likeness (QED) is 0.736. The Kier molecular flexibility index (Phi) is 6.91. The lowest BCUT2D eigenvalue weighted by Crippen LogP contribution is -2.07. The number of halogens is 1. The van der Waals surface area contributed by atoms with Gasteiger partial charge in [-0.05, 0) is 44.5 Å². The number of benzene rings is 1. The van der Waals surface area contributed by atoms with Crippen molar-refractivity contribution in [2.24, 2.45) is 0 Å². The van der Waals surface area contributed by atoms with Crippen molar-refractivity contribution in [3.05, 3.63) is 22.7 Å². The van der Waals surface area contributed by atoms with Gasteiger partial charge in [0.05, 0.1) is 14.2 Å². The highest BCUT2D eigenvalue weighted by Crippen LogP contribution is 2.33. The third-order valence-corrected chi connectivity index (χ3v) is 3.28. The summed E-state index contributed by atoms with van der Waals surface area (Å²) in [5.41, 5.74) is 1.12. The topological polar surface area (TPSA) is 30.5 Å². The maximum absolute atomic E-state index is 6.23. The van der Waals surface area contributed by atoms with Crippen molar-refractivity contribution in [1.82, 2.24) is 5.32 Å². The van der Waals surface area contributed by atoms with Gasteiger partial charge in [0.2, 0.25) is 0 Å². The molecule has 0 heterocycles. The Morgan fingerprint density at radius 1 is 1.06 bits per heavy atom. The molecule has 1 aromatic carbocycles. The molecule has 0 saturated heterocycles. The van der Waals surface area contributed by atoms with Crippen LogP contribution >= 0.6 is 11.6 Å². The van der Waals surface area contributed by atoms with E-state index in [1.807, 2.05) is 19.2 Å². The minimum atomic E-state index is 0.682. The van der Waals surface area contributed by atoms with E-state index in [1.54, 1.807) is 14.2 Å². The predicted molar refractivity (Wildman–Crippen MR) is 76.0 cm³/mol. The van der Waals surface area contributed by atoms with E-state index in [0.717, 1.165) is 35.7 Å². The van der Waals surface area contributed by atoms with Crippen LogP contribution in [0.2, 0.25) is 5.02 Å². The molecule has 4 heteroatoms. The maximum atomic E-state index is 6.23. The first-order valence-electron chi connectivity index (χ1n) is 6.28. The largest absolute Gasteiger partial charge is 0.493 e. The SMILES string of the molecule is CNCCCCCc1cc(OC)c(OC)cc1Cl. The van der Waals surface area contributed by atoms with Crippen LogP contribution in [0.4, 0.5) is 0 Å². The zero-order valence-electron chi connectivity index (χ0n) is 11.4. The number of rotatable bonds is 8. The predicted octanol–water partition coefficient (Wildman–Crippen LogP) is 3.29. The van der Waals surface area contributed by atoms with Crippen LogP contribution in [-0.4, -0.2) is 27.8 Å². The first-order chi connectivity index (χ1) is 8.72. The van der Waals surface area contributed by atoms with Crippen LogP contribution in [0.1, 0.15) is 24.8 Å². The van der Waals surface area contributed by atoms with Crippen molar-refractivity contribution in [2.45, 2.75) is 25.7 Å². The fourth-order valence-corrected chi connectivity index (χ4v) is 2.13. The van der Waals surface area contributed by atoms with E-state index >= 15 is 0 Å². The summed E-state index contributed by atoms with van der Waals surface area (Å²) in [5, 5.41) is 3.90. The second-order valence-corrected chi connectivity index (χ2v) is 4.62. The number of hydrogen-bond donors (Lipinski definition) is 1. The molecule has 1 aromatic rings. The lowest BCUT2D eigenvalue weighted by Gasteiger charge is -2.11. The molecule has 0 amide bonds. The highest BCUT2D eigenvalue weighted by atomic mass is 35.5. The molecule has 0 atom stereocenters. The highest BCUT2D eigenvalue weighted by molar-refractivity contribution is 6.31. The monoisotopic (exact) mass is 271 g/mol. The highest BCUT2D eigenvalue weighted by Gasteiger charge is 2.09. The maximum Gasteiger partial charge on any atom is 0.162 e. The summed E-state index contributed by atoms with van der Waals surface area (Å²) in [6, 6.07) is 3.79. The van der Waals surface area contributed by atoms with Crippen LogP contribution in [0.5, 0.6) is 11.5 Å². The summed E-state index contributed by atoms with van der Waals surface area (Å²) in [6.07, 6.45) is 4.51. The Morgan fingerprint density at radius 2 is 1.72 bits per heavy atom. The van der Waals surface area contributed by atoms with Crippen molar-refractivity contribution in [2.75, 3.05) is 27.8 Å². The van der Waals surface area contributed by atoms with Crippen molar-refractivity contribution in [3.63, 3.8) is 0 Å². The molecule has 0 aliphatic heterocycles. The van der Waals surface area contributed by atoms with E-state index in [9.17, 15) is 0 Å². The van der Waals surface area contributed by atoms with Gasteiger partial charge in [0.25, 0.3) is 0 Å². The standard InChI is InChI=1S/C14H22ClNO2/c1-16-8-6-4-5-7-11-9-13(17-2)14(18-3)10-12(11)15/h9-10,16H,4-8H2,1-3H3. The summed E-state index contributed by atoms with van der Waals surface area (Å²) < 4.78 is 10.5. The van der Waals surface area contributed by atoms with Gasteiger partial charge in [-0.2, -0.15) is 0 Å². The van der Waals surface area contributed by atoms with E-state index in [0.29, 0.717) is 5.75 Å². The van der Waals surface area contributed by atoms with Crippen molar-refractivity contribution >= 4 is 11.6 Å². The van der Waals surface area contributed by atoms with Crippen molar-refractivity contribution in [1.29, 1.82) is 0 Å². The van der Waals surface area contributed by atoms with Gasteiger partial charge in [0.1, 0.15) is 0 Å². The number of ether oxygens (including phenoxy) is 2. The number of methoxy groups -OCH3 is 2. The van der Waals surface area contributed by atoms with Crippen LogP contribution in [0.3, 0.4) is 0 Å². The molecular weight excluding hydrogens is 250 g/mol. The van der Waals surface area contributed by atoms with Crippen LogP contribution in [0, 0.1) is 0 Å². The van der Waals surface area contributed by atoms with E-state index in [1.165, 1.54) is 12.8 Å². The molecule has 0 aliphatic rings. The number of nitrogens with one attached hydrogen (secondary N) is 1. The lowest BCUT2D eigenvalue weighted by atomic mass is 10.1. The van der Waals surface area contributed by atoms with Gasteiger partial charge in [-0.1, -0.05) is 18.0 Å². The Morgan fingerprint density at radius 3 is 2.33 bits per heavy atom. The number of hydrogen-bond acceptors (Lipinski definition) is 3. The van der Waals surface area contributed by atoms with Gasteiger partial charge in [-0.3, -0.25) is 0 Å². The third kappa shape index (κ3) is 4.39. The summed E-state index contributed by atoms with van der Waals surface area (Å²) in [7, 11) is 5.24. The normalized spacial score (nSPS) is 10.4. The molecule has 0 aliphatic carbocycles. The van der Waals surface area contributed by atoms with E-state index in [-0.39, 0.29) is 0 Å². The third-order valence-electron chi connectivity index (χ3n) is 2.93. The molecule has 0 fully saturated rings. The van der Waals surface area contributed by atoms with Gasteiger partial charge in [-0.25, -0.2) is 0 Å². The van der Waals surface area contributed by atoms with Gasteiger partial charge in [0, 0.05) is 11.1 Å². The average Bonchev–Trinajstić information content (AvgIpc) is 2.39. The van der Waals surface area contributed by atoms with Gasteiger partial charge >= 0.3 is 0 Å². The summed E-state index contributed by atoms with van der Waals surface area (Å²) >= 11 is 6.23. The van der Waals surface area contributed by atoms with Crippen LogP contribution in [0.25, 0.3) is 0 Å². The average molecular weight is 272 g/mol. The minimum Gasteiger partial charge on any atom is -0.493 e. The van der Waals surface area contributed by atoms with Crippen LogP contribution < -0.4 is 14.8 Å². The zero-order valence-corrected chi connectivity index (χ0v) is 12.1. The Balaban J connectivity index is 2.59. The molecule has 0 spiro atoms. The molecule has 18 heavy (non-hydrogen) atoms. The van der Waals surface area contributed by atoms with Crippen LogP contribution in [-0.2, 0) is 6.42 Å². The van der Waals surface area contributed by atoms with Gasteiger partial charge in [-0.15, -0.1) is 0 Å². The first kappa shape index (κ1) is 15.1. The lowest BCUT2D eigenvalue weighted by molar-refractivity contribution is 0.354. The second-order valence-electron chi connectivity index (χ2n) is 4.21.